The molecule has 0 radical (unpaired) electrons. The van der Waals surface area contributed by atoms with Gasteiger partial charge in [-0.25, -0.2) is 0 Å². The van der Waals surface area contributed by atoms with Crippen LogP contribution in [0.2, 0.25) is 0 Å². The Balaban J connectivity index is 2.72. The lowest BCUT2D eigenvalue weighted by Crippen LogP contribution is -2.29. The molecule has 0 aliphatic rings. The molecule has 0 amide bonds. The molecule has 1 unspecified atom stereocenters. The lowest BCUT2D eigenvalue weighted by Gasteiger charge is -2.30. The third-order valence-corrected chi connectivity index (χ3v) is 3.75. The van der Waals surface area contributed by atoms with Gasteiger partial charge in [0.1, 0.15) is 0 Å². The number of aryl methyl sites for hydroxylation is 1. The highest BCUT2D eigenvalue weighted by Crippen LogP contribution is 2.30. The maximum atomic E-state index is 10.6. The molecule has 0 fully saturated rings. The highest BCUT2D eigenvalue weighted by atomic mass is 16.5. The minimum Gasteiger partial charge on any atom is -0.385 e. The van der Waals surface area contributed by atoms with Gasteiger partial charge in [0.05, 0.1) is 11.2 Å². The van der Waals surface area contributed by atoms with Crippen molar-refractivity contribution in [1.82, 2.24) is 0 Å². The molecule has 18 heavy (non-hydrogen) atoms. The van der Waals surface area contributed by atoms with E-state index in [1.807, 2.05) is 32.9 Å². The van der Waals surface area contributed by atoms with Crippen molar-refractivity contribution >= 4 is 0 Å². The average Bonchev–Trinajstić information content (AvgIpc) is 2.37. The molecule has 0 aliphatic heterocycles. The van der Waals surface area contributed by atoms with Crippen LogP contribution < -0.4 is 0 Å². The summed E-state index contributed by atoms with van der Waals surface area (Å²) in [5, 5.41) is 10.6. The first kappa shape index (κ1) is 15.2. The Kier molecular flexibility index (Phi) is 4.94. The molecular weight excluding hydrogens is 224 g/mol. The van der Waals surface area contributed by atoms with Gasteiger partial charge >= 0.3 is 0 Å². The number of hydrogen-bond acceptors (Lipinski definition) is 2. The van der Waals surface area contributed by atoms with E-state index >= 15 is 0 Å². The Morgan fingerprint density at radius 2 is 1.61 bits per heavy atom. The van der Waals surface area contributed by atoms with Gasteiger partial charge in [0.15, 0.2) is 0 Å². The van der Waals surface area contributed by atoms with Crippen molar-refractivity contribution in [1.29, 1.82) is 0 Å². The number of rotatable bonds is 6. The Labute approximate surface area is 111 Å². The van der Waals surface area contributed by atoms with Gasteiger partial charge in [-0.3, -0.25) is 0 Å². The zero-order valence-electron chi connectivity index (χ0n) is 12.3. The molecule has 2 heteroatoms. The van der Waals surface area contributed by atoms with Crippen LogP contribution in [0.5, 0.6) is 0 Å². The third-order valence-electron chi connectivity index (χ3n) is 3.75. The molecule has 1 rings (SSSR count). The molecule has 0 heterocycles. The fraction of sp³-hybridized carbons (Fsp3) is 0.625. The summed E-state index contributed by atoms with van der Waals surface area (Å²) in [5.74, 6) is 0. The largest absolute Gasteiger partial charge is 0.385 e. The molecule has 0 saturated heterocycles. The van der Waals surface area contributed by atoms with E-state index in [1.165, 1.54) is 5.56 Å². The fourth-order valence-corrected chi connectivity index (χ4v) is 1.89. The van der Waals surface area contributed by atoms with Crippen LogP contribution in [0.25, 0.3) is 0 Å². The molecule has 1 N–H and O–H groups in total. The molecular formula is C16H26O2. The van der Waals surface area contributed by atoms with Crippen LogP contribution in [0, 0.1) is 0 Å². The van der Waals surface area contributed by atoms with Crippen LogP contribution in [-0.2, 0) is 16.8 Å². The lowest BCUT2D eigenvalue weighted by atomic mass is 9.86. The molecule has 1 atom stereocenters. The SMILES string of the molecule is CCc1ccc(C(C)(O)CCC(C)(C)OC)cc1. The van der Waals surface area contributed by atoms with Gasteiger partial charge < -0.3 is 9.84 Å². The number of methoxy groups -OCH3 is 1. The summed E-state index contributed by atoms with van der Waals surface area (Å²) in [6.45, 7) is 8.10. The lowest BCUT2D eigenvalue weighted by molar-refractivity contribution is -0.0211. The summed E-state index contributed by atoms with van der Waals surface area (Å²) in [4.78, 5) is 0. The monoisotopic (exact) mass is 250 g/mol. The van der Waals surface area contributed by atoms with Crippen molar-refractivity contribution < 1.29 is 9.84 Å². The van der Waals surface area contributed by atoms with Crippen molar-refractivity contribution in [3.63, 3.8) is 0 Å². The van der Waals surface area contributed by atoms with Gasteiger partial charge in [0.2, 0.25) is 0 Å². The second-order valence-corrected chi connectivity index (χ2v) is 5.79. The van der Waals surface area contributed by atoms with Crippen molar-refractivity contribution in [2.75, 3.05) is 7.11 Å². The minimum atomic E-state index is -0.790. The quantitative estimate of drug-likeness (QED) is 0.835. The standard InChI is InChI=1S/C16H26O2/c1-6-13-7-9-14(10-8-13)16(4,17)12-11-15(2,3)18-5/h7-10,17H,6,11-12H2,1-5H3. The molecule has 0 bridgehead atoms. The second-order valence-electron chi connectivity index (χ2n) is 5.79. The number of benzene rings is 1. The molecule has 0 aliphatic carbocycles. The summed E-state index contributed by atoms with van der Waals surface area (Å²) in [6.07, 6.45) is 2.55. The Bertz CT molecular complexity index is 363. The molecule has 1 aromatic rings. The molecule has 0 saturated carbocycles. The minimum absolute atomic E-state index is 0.187. The highest BCUT2D eigenvalue weighted by molar-refractivity contribution is 5.26. The first-order valence-electron chi connectivity index (χ1n) is 6.68. The van der Waals surface area contributed by atoms with Crippen LogP contribution in [0.3, 0.4) is 0 Å². The van der Waals surface area contributed by atoms with Crippen LogP contribution in [-0.4, -0.2) is 17.8 Å². The summed E-state index contributed by atoms with van der Waals surface area (Å²) in [6, 6.07) is 8.23. The summed E-state index contributed by atoms with van der Waals surface area (Å²) < 4.78 is 5.39. The zero-order chi connectivity index (χ0) is 13.8. The topological polar surface area (TPSA) is 29.5 Å². The second kappa shape index (κ2) is 5.85. The van der Waals surface area contributed by atoms with E-state index in [9.17, 15) is 5.11 Å². The van der Waals surface area contributed by atoms with Crippen molar-refractivity contribution in [2.45, 2.75) is 58.2 Å². The third kappa shape index (κ3) is 4.11. The maximum absolute atomic E-state index is 10.6. The van der Waals surface area contributed by atoms with E-state index in [2.05, 4.69) is 19.1 Å². The van der Waals surface area contributed by atoms with E-state index in [4.69, 9.17) is 4.74 Å². The van der Waals surface area contributed by atoms with Crippen molar-refractivity contribution in [2.24, 2.45) is 0 Å². The first-order valence-corrected chi connectivity index (χ1v) is 6.68. The van der Waals surface area contributed by atoms with Crippen LogP contribution in [0.4, 0.5) is 0 Å². The van der Waals surface area contributed by atoms with Gasteiger partial charge in [-0.2, -0.15) is 0 Å². The Hall–Kier alpha value is -0.860. The van der Waals surface area contributed by atoms with E-state index in [-0.39, 0.29) is 5.60 Å². The first-order chi connectivity index (χ1) is 8.30. The molecule has 1 aromatic carbocycles. The van der Waals surface area contributed by atoms with E-state index in [1.54, 1.807) is 7.11 Å². The normalized spacial score (nSPS) is 15.4. The Morgan fingerprint density at radius 1 is 1.06 bits per heavy atom. The summed E-state index contributed by atoms with van der Waals surface area (Å²) in [5.41, 5.74) is 1.30. The van der Waals surface area contributed by atoms with Crippen molar-refractivity contribution in [3.05, 3.63) is 35.4 Å². The van der Waals surface area contributed by atoms with Gasteiger partial charge in [0, 0.05) is 7.11 Å². The van der Waals surface area contributed by atoms with Gasteiger partial charge in [0.25, 0.3) is 0 Å². The van der Waals surface area contributed by atoms with Gasteiger partial charge in [-0.1, -0.05) is 31.2 Å². The average molecular weight is 250 g/mol. The summed E-state index contributed by atoms with van der Waals surface area (Å²) in [7, 11) is 1.71. The summed E-state index contributed by atoms with van der Waals surface area (Å²) >= 11 is 0. The molecule has 0 aromatic heterocycles. The van der Waals surface area contributed by atoms with Crippen molar-refractivity contribution in [3.8, 4) is 0 Å². The zero-order valence-corrected chi connectivity index (χ0v) is 12.3. The fourth-order valence-electron chi connectivity index (χ4n) is 1.89. The van der Waals surface area contributed by atoms with Crippen LogP contribution in [0.1, 0.15) is 51.7 Å². The smallest absolute Gasteiger partial charge is 0.0869 e. The van der Waals surface area contributed by atoms with E-state index in [0.29, 0.717) is 6.42 Å². The molecule has 2 nitrogen and oxygen atoms in total. The van der Waals surface area contributed by atoms with E-state index in [0.717, 1.165) is 18.4 Å². The van der Waals surface area contributed by atoms with Crippen LogP contribution in [0.15, 0.2) is 24.3 Å². The Morgan fingerprint density at radius 3 is 2.06 bits per heavy atom. The van der Waals surface area contributed by atoms with E-state index < -0.39 is 5.60 Å². The predicted molar refractivity (Wildman–Crippen MR) is 75.7 cm³/mol. The molecule has 0 spiro atoms. The number of hydrogen-bond donors (Lipinski definition) is 1. The predicted octanol–water partition coefficient (Wildman–Crippen LogP) is 3.66. The van der Waals surface area contributed by atoms with Gasteiger partial charge in [-0.15, -0.1) is 0 Å². The number of ether oxygens (including phenoxy) is 1. The molecule has 102 valence electrons. The van der Waals surface area contributed by atoms with Gasteiger partial charge in [-0.05, 0) is 51.2 Å². The highest BCUT2D eigenvalue weighted by Gasteiger charge is 2.27. The number of aliphatic hydroxyl groups is 1. The maximum Gasteiger partial charge on any atom is 0.0869 e. The van der Waals surface area contributed by atoms with Crippen LogP contribution >= 0.6 is 0 Å².